The molecule has 2 aliphatic heterocycles. The summed E-state index contributed by atoms with van der Waals surface area (Å²) in [4.78, 5) is 31.9. The van der Waals surface area contributed by atoms with E-state index in [1.54, 1.807) is 6.92 Å². The smallest absolute Gasteiger partial charge is 0.306 e. The molecule has 154 valence electrons. The molecule has 3 rings (SSSR count). The van der Waals surface area contributed by atoms with Crippen molar-refractivity contribution in [3.8, 4) is 17.4 Å². The Kier molecular flexibility index (Phi) is 6.12. The van der Waals surface area contributed by atoms with Gasteiger partial charge < -0.3 is 20.1 Å². The molecule has 0 amide bonds. The first kappa shape index (κ1) is 20.7. The molecular weight excluding hydrogens is 372 g/mol. The third-order valence-electron chi connectivity index (χ3n) is 5.22. The van der Waals surface area contributed by atoms with Gasteiger partial charge in [-0.05, 0) is 56.5 Å². The van der Waals surface area contributed by atoms with Crippen LogP contribution in [-0.4, -0.2) is 43.8 Å². The van der Waals surface area contributed by atoms with E-state index in [1.807, 2.05) is 30.5 Å². The Hall–Kier alpha value is -3.00. The number of pyridine rings is 1. The molecule has 0 fully saturated rings. The van der Waals surface area contributed by atoms with Crippen molar-refractivity contribution in [1.82, 2.24) is 19.9 Å². The van der Waals surface area contributed by atoms with E-state index in [4.69, 9.17) is 5.11 Å². The molecule has 8 nitrogen and oxygen atoms in total. The molecule has 3 N–H and O–H groups in total. The summed E-state index contributed by atoms with van der Waals surface area (Å²) in [5.74, 6) is -1.10. The lowest BCUT2D eigenvalue weighted by molar-refractivity contribution is -0.141. The topological polar surface area (TPSA) is 117 Å². The standard InChI is InChI=1S/C21H26N4O4/c1-12(21(28)29)5-4-6-22-7-8-25-16-10-14(3)13(2)9-15(16)23-19-17(26)11-18(27)24-20(19)25/h9-12,22,27H,4-8H2,1-3H3,(H,28,29). The zero-order chi connectivity index (χ0) is 21.1. The van der Waals surface area contributed by atoms with Gasteiger partial charge in [-0.1, -0.05) is 6.92 Å². The third kappa shape index (κ3) is 4.54. The molecular formula is C21H26N4O4. The van der Waals surface area contributed by atoms with Crippen LogP contribution < -0.4 is 10.7 Å². The number of aryl methyl sites for hydroxylation is 2. The fraction of sp³-hybridized carbons (Fsp3) is 0.429. The van der Waals surface area contributed by atoms with Gasteiger partial charge in [-0.2, -0.15) is 4.98 Å². The second kappa shape index (κ2) is 8.57. The second-order valence-corrected chi connectivity index (χ2v) is 7.47. The van der Waals surface area contributed by atoms with Gasteiger partial charge in [-0.3, -0.25) is 9.59 Å². The van der Waals surface area contributed by atoms with Crippen LogP contribution in [-0.2, 0) is 11.3 Å². The van der Waals surface area contributed by atoms with Crippen molar-refractivity contribution in [3.63, 3.8) is 0 Å². The Morgan fingerprint density at radius 2 is 1.90 bits per heavy atom. The van der Waals surface area contributed by atoms with Gasteiger partial charge in [0.1, 0.15) is 0 Å². The van der Waals surface area contributed by atoms with E-state index < -0.39 is 5.97 Å². The molecule has 29 heavy (non-hydrogen) atoms. The molecule has 0 saturated heterocycles. The normalized spacial score (nSPS) is 12.5. The molecule has 1 atom stereocenters. The lowest BCUT2D eigenvalue weighted by Crippen LogP contribution is -2.25. The highest BCUT2D eigenvalue weighted by Crippen LogP contribution is 2.25. The van der Waals surface area contributed by atoms with Crippen molar-refractivity contribution in [3.05, 3.63) is 39.5 Å². The van der Waals surface area contributed by atoms with Crippen molar-refractivity contribution in [1.29, 1.82) is 0 Å². The Morgan fingerprint density at radius 3 is 2.62 bits per heavy atom. The van der Waals surface area contributed by atoms with Gasteiger partial charge in [0.05, 0.1) is 23.0 Å². The number of hydrogen-bond donors (Lipinski definition) is 3. The van der Waals surface area contributed by atoms with Crippen molar-refractivity contribution < 1.29 is 15.0 Å². The van der Waals surface area contributed by atoms with E-state index in [-0.39, 0.29) is 22.9 Å². The quantitative estimate of drug-likeness (QED) is 0.394. The molecule has 2 heterocycles. The van der Waals surface area contributed by atoms with Gasteiger partial charge in [0, 0.05) is 13.1 Å². The molecule has 0 radical (unpaired) electrons. The summed E-state index contributed by atoms with van der Waals surface area (Å²) in [6.07, 6.45) is 1.38. The number of aromatic nitrogens is 3. The van der Waals surface area contributed by atoms with Crippen LogP contribution in [0, 0.1) is 19.8 Å². The Labute approximate surface area is 168 Å². The number of rotatable bonds is 8. The second-order valence-electron chi connectivity index (χ2n) is 7.47. The summed E-state index contributed by atoms with van der Waals surface area (Å²) >= 11 is 0. The minimum absolute atomic E-state index is 0.230. The summed E-state index contributed by atoms with van der Waals surface area (Å²) in [5.41, 5.74) is 3.61. The molecule has 0 aromatic heterocycles. The summed E-state index contributed by atoms with van der Waals surface area (Å²) in [7, 11) is 0. The predicted octanol–water partition coefficient (Wildman–Crippen LogP) is 2.31. The fourth-order valence-electron chi connectivity index (χ4n) is 3.31. The summed E-state index contributed by atoms with van der Waals surface area (Å²) in [6.45, 7) is 7.55. The van der Waals surface area contributed by atoms with Crippen molar-refractivity contribution >= 4 is 17.0 Å². The minimum atomic E-state index is -0.778. The zero-order valence-corrected chi connectivity index (χ0v) is 16.9. The zero-order valence-electron chi connectivity index (χ0n) is 16.9. The number of fused-ring (bicyclic) bond motifs is 2. The van der Waals surface area contributed by atoms with Gasteiger partial charge in [0.25, 0.3) is 0 Å². The number of nitrogens with one attached hydrogen (secondary N) is 1. The fourth-order valence-corrected chi connectivity index (χ4v) is 3.31. The van der Waals surface area contributed by atoms with E-state index in [9.17, 15) is 14.7 Å². The van der Waals surface area contributed by atoms with Crippen LogP contribution in [0.1, 0.15) is 30.9 Å². The molecule has 1 aromatic rings. The van der Waals surface area contributed by atoms with E-state index >= 15 is 0 Å². The minimum Gasteiger partial charge on any atom is -0.493 e. The summed E-state index contributed by atoms with van der Waals surface area (Å²) in [5, 5.41) is 22.1. The van der Waals surface area contributed by atoms with Crippen molar-refractivity contribution in [2.24, 2.45) is 5.92 Å². The van der Waals surface area contributed by atoms with Crippen LogP contribution >= 0.6 is 0 Å². The van der Waals surface area contributed by atoms with Crippen LogP contribution in [0.3, 0.4) is 0 Å². The first-order valence-electron chi connectivity index (χ1n) is 9.73. The Balaban J connectivity index is 1.85. The van der Waals surface area contributed by atoms with Gasteiger partial charge in [-0.15, -0.1) is 0 Å². The predicted molar refractivity (Wildman–Crippen MR) is 110 cm³/mol. The lowest BCUT2D eigenvalue weighted by Gasteiger charge is -2.18. The van der Waals surface area contributed by atoms with Gasteiger partial charge >= 0.3 is 5.97 Å². The first-order valence-corrected chi connectivity index (χ1v) is 9.73. The number of aliphatic carboxylic acids is 1. The average Bonchev–Trinajstić information content (AvgIpc) is 2.65. The summed E-state index contributed by atoms with van der Waals surface area (Å²) in [6, 6.07) is 5.05. The van der Waals surface area contributed by atoms with E-state index in [1.165, 1.54) is 0 Å². The number of benzene rings is 1. The maximum absolute atomic E-state index is 12.3. The molecule has 0 aliphatic carbocycles. The highest BCUT2D eigenvalue weighted by Gasteiger charge is 2.19. The maximum Gasteiger partial charge on any atom is 0.306 e. The van der Waals surface area contributed by atoms with Crippen molar-refractivity contribution in [2.45, 2.75) is 40.2 Å². The number of aromatic hydroxyl groups is 1. The average molecular weight is 398 g/mol. The number of carboxylic acids is 1. The van der Waals surface area contributed by atoms with E-state index in [0.29, 0.717) is 37.4 Å². The van der Waals surface area contributed by atoms with Gasteiger partial charge in [0.15, 0.2) is 11.5 Å². The number of carboxylic acid groups (broad SMARTS) is 1. The molecule has 0 bridgehead atoms. The Morgan fingerprint density at radius 1 is 1.17 bits per heavy atom. The van der Waals surface area contributed by atoms with E-state index in [0.717, 1.165) is 29.1 Å². The highest BCUT2D eigenvalue weighted by molar-refractivity contribution is 5.81. The molecule has 1 aromatic carbocycles. The molecule has 2 aliphatic rings. The van der Waals surface area contributed by atoms with Crippen LogP contribution in [0.4, 0.5) is 0 Å². The lowest BCUT2D eigenvalue weighted by atomic mass is 10.1. The van der Waals surface area contributed by atoms with Crippen molar-refractivity contribution in [2.75, 3.05) is 13.1 Å². The SMILES string of the molecule is Cc1cc2nc3c(=O)cc(O)nc-3n(CCNCCCC(C)C(=O)O)c2cc1C. The van der Waals surface area contributed by atoms with Gasteiger partial charge in [0.2, 0.25) is 11.3 Å². The third-order valence-corrected chi connectivity index (χ3v) is 5.22. The maximum atomic E-state index is 12.3. The largest absolute Gasteiger partial charge is 0.493 e. The van der Waals surface area contributed by atoms with E-state index in [2.05, 4.69) is 15.3 Å². The molecule has 8 heteroatoms. The van der Waals surface area contributed by atoms with Crippen LogP contribution in [0.5, 0.6) is 5.88 Å². The molecule has 0 spiro atoms. The monoisotopic (exact) mass is 398 g/mol. The number of nitrogens with zero attached hydrogens (tertiary/aromatic N) is 3. The van der Waals surface area contributed by atoms with Crippen LogP contribution in [0.25, 0.3) is 22.6 Å². The first-order chi connectivity index (χ1) is 13.8. The number of hydrogen-bond acceptors (Lipinski definition) is 6. The molecule has 0 saturated carbocycles. The molecule has 1 unspecified atom stereocenters. The Bertz CT molecular complexity index is 1080. The van der Waals surface area contributed by atoms with Crippen LogP contribution in [0.15, 0.2) is 23.0 Å². The highest BCUT2D eigenvalue weighted by atomic mass is 16.4. The van der Waals surface area contributed by atoms with Crippen LogP contribution in [0.2, 0.25) is 0 Å². The summed E-state index contributed by atoms with van der Waals surface area (Å²) < 4.78 is 1.90. The number of carbonyl (C=O) groups is 1. The van der Waals surface area contributed by atoms with Gasteiger partial charge in [-0.25, -0.2) is 4.98 Å².